The summed E-state index contributed by atoms with van der Waals surface area (Å²) in [4.78, 5) is 0. The molecule has 0 radical (unpaired) electrons. The molecule has 3 rings (SSSR count). The number of fused-ring (bicyclic) bond motifs is 3. The molecule has 0 atom stereocenters. The van der Waals surface area contributed by atoms with E-state index in [-0.39, 0.29) is 0 Å². The normalized spacial score (nSPS) is 17.1. The summed E-state index contributed by atoms with van der Waals surface area (Å²) in [5, 5.41) is 2.74. The summed E-state index contributed by atoms with van der Waals surface area (Å²) in [6, 6.07) is 11.3. The van der Waals surface area contributed by atoms with Crippen LogP contribution in [0.5, 0.6) is 0 Å². The molecule has 0 heterocycles. The zero-order chi connectivity index (χ0) is 12.0. The Kier molecular flexibility index (Phi) is 2.16. The Morgan fingerprint density at radius 2 is 1.88 bits per heavy atom. The smallest absolute Gasteiger partial charge is 0.0109 e. The fourth-order valence-corrected chi connectivity index (χ4v) is 2.73. The van der Waals surface area contributed by atoms with Crippen LogP contribution in [0.25, 0.3) is 16.8 Å². The molecule has 0 saturated carbocycles. The molecule has 0 bridgehead atoms. The van der Waals surface area contributed by atoms with E-state index in [0.29, 0.717) is 5.41 Å². The minimum Gasteiger partial charge on any atom is -0.0779 e. The fourth-order valence-electron chi connectivity index (χ4n) is 2.73. The van der Waals surface area contributed by atoms with Crippen LogP contribution in [0.2, 0.25) is 0 Å². The zero-order valence-electron chi connectivity index (χ0n) is 10.7. The predicted molar refractivity (Wildman–Crippen MR) is 75.2 cm³/mol. The molecule has 0 aromatic heterocycles. The third-order valence-corrected chi connectivity index (χ3v) is 3.65. The Morgan fingerprint density at radius 3 is 2.71 bits per heavy atom. The Labute approximate surface area is 103 Å². The largest absolute Gasteiger partial charge is 0.0779 e. The quantitative estimate of drug-likeness (QED) is 0.603. The van der Waals surface area contributed by atoms with Gasteiger partial charge in [0.1, 0.15) is 0 Å². The average molecular weight is 222 g/mol. The molecule has 0 spiro atoms. The number of hydrogen-bond acceptors (Lipinski definition) is 0. The molecule has 0 aliphatic heterocycles. The Morgan fingerprint density at radius 1 is 1.06 bits per heavy atom. The van der Waals surface area contributed by atoms with Gasteiger partial charge in [0.15, 0.2) is 0 Å². The van der Waals surface area contributed by atoms with Crippen molar-refractivity contribution in [2.45, 2.75) is 27.2 Å². The van der Waals surface area contributed by atoms with Gasteiger partial charge in [0.25, 0.3) is 0 Å². The maximum Gasteiger partial charge on any atom is -0.0109 e. The second-order valence-corrected chi connectivity index (χ2v) is 5.86. The van der Waals surface area contributed by atoms with Gasteiger partial charge in [-0.25, -0.2) is 0 Å². The van der Waals surface area contributed by atoms with E-state index < -0.39 is 0 Å². The lowest BCUT2D eigenvalue weighted by atomic mass is 9.78. The molecule has 0 heteroatoms. The van der Waals surface area contributed by atoms with Gasteiger partial charge in [0, 0.05) is 0 Å². The number of rotatable bonds is 0. The van der Waals surface area contributed by atoms with Crippen molar-refractivity contribution < 1.29 is 0 Å². The highest BCUT2D eigenvalue weighted by atomic mass is 14.3. The third kappa shape index (κ3) is 1.78. The fraction of sp³-hybridized carbons (Fsp3) is 0.294. The summed E-state index contributed by atoms with van der Waals surface area (Å²) in [5.41, 5.74) is 4.53. The molecule has 2 aromatic rings. The maximum absolute atomic E-state index is 2.34. The van der Waals surface area contributed by atoms with Crippen LogP contribution in [0.3, 0.4) is 0 Å². The minimum absolute atomic E-state index is 0.297. The van der Waals surface area contributed by atoms with Gasteiger partial charge < -0.3 is 0 Å². The van der Waals surface area contributed by atoms with Crippen molar-refractivity contribution >= 4 is 16.8 Å². The molecule has 0 nitrogen and oxygen atoms in total. The first-order valence-electron chi connectivity index (χ1n) is 6.27. The topological polar surface area (TPSA) is 0 Å². The molecule has 2 aromatic carbocycles. The van der Waals surface area contributed by atoms with Crippen molar-refractivity contribution in [1.82, 2.24) is 0 Å². The van der Waals surface area contributed by atoms with E-state index in [1.165, 1.54) is 27.5 Å². The van der Waals surface area contributed by atoms with Gasteiger partial charge in [-0.05, 0) is 40.7 Å². The molecular formula is C17H18. The van der Waals surface area contributed by atoms with E-state index in [4.69, 9.17) is 0 Å². The van der Waals surface area contributed by atoms with Gasteiger partial charge in [-0.2, -0.15) is 0 Å². The van der Waals surface area contributed by atoms with Gasteiger partial charge in [-0.3, -0.25) is 0 Å². The molecule has 1 aliphatic carbocycles. The van der Waals surface area contributed by atoms with E-state index in [2.05, 4.69) is 63.3 Å². The van der Waals surface area contributed by atoms with Crippen LogP contribution < -0.4 is 0 Å². The molecule has 86 valence electrons. The maximum atomic E-state index is 2.34. The van der Waals surface area contributed by atoms with Gasteiger partial charge >= 0.3 is 0 Å². The van der Waals surface area contributed by atoms with E-state index in [9.17, 15) is 0 Å². The van der Waals surface area contributed by atoms with E-state index in [1.54, 1.807) is 0 Å². The monoisotopic (exact) mass is 222 g/mol. The Hall–Kier alpha value is -1.56. The molecule has 0 fully saturated rings. The van der Waals surface area contributed by atoms with E-state index >= 15 is 0 Å². The molecule has 0 N–H and O–H groups in total. The lowest BCUT2D eigenvalue weighted by molar-refractivity contribution is 0.475. The summed E-state index contributed by atoms with van der Waals surface area (Å²) in [6.45, 7) is 6.75. The van der Waals surface area contributed by atoms with Gasteiger partial charge in [-0.15, -0.1) is 0 Å². The van der Waals surface area contributed by atoms with Crippen LogP contribution in [0.15, 0.2) is 36.4 Å². The molecule has 0 unspecified atom stereocenters. The van der Waals surface area contributed by atoms with E-state index in [1.807, 2.05) is 0 Å². The minimum atomic E-state index is 0.297. The Balaban J connectivity index is 2.28. The Bertz CT molecular complexity index is 615. The average Bonchev–Trinajstić information content (AvgIpc) is 2.27. The van der Waals surface area contributed by atoms with Crippen molar-refractivity contribution in [2.75, 3.05) is 0 Å². The van der Waals surface area contributed by atoms with Gasteiger partial charge in [0.2, 0.25) is 0 Å². The van der Waals surface area contributed by atoms with Crippen molar-refractivity contribution in [1.29, 1.82) is 0 Å². The number of hydrogen-bond donors (Lipinski definition) is 0. The lowest BCUT2D eigenvalue weighted by Crippen LogP contribution is -2.15. The molecular weight excluding hydrogens is 204 g/mol. The molecule has 1 aliphatic rings. The highest BCUT2D eigenvalue weighted by Crippen LogP contribution is 2.35. The zero-order valence-corrected chi connectivity index (χ0v) is 10.7. The van der Waals surface area contributed by atoms with Crippen LogP contribution in [0, 0.1) is 12.3 Å². The predicted octanol–water partition coefficient (Wildman–Crippen LogP) is 4.74. The van der Waals surface area contributed by atoms with Crippen molar-refractivity contribution in [3.05, 3.63) is 53.1 Å². The van der Waals surface area contributed by atoms with Crippen molar-refractivity contribution in [2.24, 2.45) is 5.41 Å². The highest BCUT2D eigenvalue weighted by Gasteiger charge is 2.21. The SMILES string of the molecule is Cc1ccc2c3c(ccc2c1)CC(C)(C)C=C3. The van der Waals surface area contributed by atoms with E-state index in [0.717, 1.165) is 6.42 Å². The van der Waals surface area contributed by atoms with Crippen molar-refractivity contribution in [3.63, 3.8) is 0 Å². The van der Waals surface area contributed by atoms with Crippen LogP contribution in [0.4, 0.5) is 0 Å². The standard InChI is InChI=1S/C17H18/c1-12-4-7-15-13(10-12)5-6-14-11-17(2,3)9-8-16(14)15/h4-10H,11H2,1-3H3. The van der Waals surface area contributed by atoms with Crippen LogP contribution >= 0.6 is 0 Å². The molecule has 0 amide bonds. The first kappa shape index (κ1) is 10.6. The summed E-state index contributed by atoms with van der Waals surface area (Å²) < 4.78 is 0. The summed E-state index contributed by atoms with van der Waals surface area (Å²) in [6.07, 6.45) is 5.79. The summed E-state index contributed by atoms with van der Waals surface area (Å²) in [7, 11) is 0. The highest BCUT2D eigenvalue weighted by molar-refractivity contribution is 5.93. The van der Waals surface area contributed by atoms with Crippen LogP contribution in [0.1, 0.15) is 30.5 Å². The summed E-state index contributed by atoms with van der Waals surface area (Å²) in [5.74, 6) is 0. The number of allylic oxidation sites excluding steroid dienone is 1. The lowest BCUT2D eigenvalue weighted by Gasteiger charge is -2.26. The third-order valence-electron chi connectivity index (χ3n) is 3.65. The number of aryl methyl sites for hydroxylation is 1. The molecule has 0 saturated heterocycles. The van der Waals surface area contributed by atoms with Gasteiger partial charge in [0.05, 0.1) is 0 Å². The van der Waals surface area contributed by atoms with Crippen LogP contribution in [-0.2, 0) is 6.42 Å². The van der Waals surface area contributed by atoms with Crippen molar-refractivity contribution in [3.8, 4) is 0 Å². The number of benzene rings is 2. The second-order valence-electron chi connectivity index (χ2n) is 5.86. The molecule has 17 heavy (non-hydrogen) atoms. The first-order valence-corrected chi connectivity index (χ1v) is 6.27. The van der Waals surface area contributed by atoms with Crippen LogP contribution in [-0.4, -0.2) is 0 Å². The second kappa shape index (κ2) is 3.46. The first-order chi connectivity index (χ1) is 8.05. The van der Waals surface area contributed by atoms with Gasteiger partial charge in [-0.1, -0.05) is 61.9 Å². The summed E-state index contributed by atoms with van der Waals surface area (Å²) >= 11 is 0.